The second-order valence-electron chi connectivity index (χ2n) is 4.07. The number of aromatic nitrogens is 3. The lowest BCUT2D eigenvalue weighted by atomic mass is 10.2. The number of halogens is 1. The van der Waals surface area contributed by atoms with Crippen LogP contribution in [-0.4, -0.2) is 14.5 Å². The van der Waals surface area contributed by atoms with Crippen molar-refractivity contribution in [2.75, 3.05) is 5.73 Å². The van der Waals surface area contributed by atoms with E-state index in [0.717, 1.165) is 21.4 Å². The molecule has 0 aliphatic rings. The number of nitrogens with two attached hydrogens (primary N) is 1. The lowest BCUT2D eigenvalue weighted by molar-refractivity contribution is 1.05. The third-order valence-corrected chi connectivity index (χ3v) is 3.50. The molecule has 0 aliphatic carbocycles. The molecule has 0 bridgehead atoms. The Morgan fingerprint density at radius 1 is 1.16 bits per heavy atom. The van der Waals surface area contributed by atoms with E-state index in [1.165, 1.54) is 0 Å². The molecular weight excluding hydrogens is 304 g/mol. The fraction of sp³-hybridized carbons (Fsp3) is 0. The molecule has 0 amide bonds. The summed E-state index contributed by atoms with van der Waals surface area (Å²) >= 11 is 3.55. The Morgan fingerprint density at radius 3 is 2.79 bits per heavy atom. The molecule has 0 saturated heterocycles. The first kappa shape index (κ1) is 11.9. The minimum absolute atomic E-state index is 0.498. The van der Waals surface area contributed by atoms with Crippen molar-refractivity contribution in [3.63, 3.8) is 0 Å². The average molecular weight is 315 g/mol. The number of para-hydroxylation sites is 1. The molecule has 0 atom stereocenters. The van der Waals surface area contributed by atoms with E-state index in [1.54, 1.807) is 12.5 Å². The largest absolute Gasteiger partial charge is 0.384 e. The number of imidazole rings is 1. The minimum atomic E-state index is 0.498. The smallest absolute Gasteiger partial charge is 0.123 e. The predicted molar refractivity (Wildman–Crippen MR) is 78.9 cm³/mol. The number of anilines is 1. The van der Waals surface area contributed by atoms with Crippen molar-refractivity contribution in [3.05, 3.63) is 59.6 Å². The highest BCUT2D eigenvalue weighted by molar-refractivity contribution is 9.10. The first-order valence-corrected chi connectivity index (χ1v) is 6.54. The monoisotopic (exact) mass is 314 g/mol. The Balaban J connectivity index is 2.16. The van der Waals surface area contributed by atoms with E-state index in [2.05, 4.69) is 25.9 Å². The maximum absolute atomic E-state index is 5.73. The summed E-state index contributed by atoms with van der Waals surface area (Å²) in [6.45, 7) is 0. The lowest BCUT2D eigenvalue weighted by Crippen LogP contribution is -1.97. The van der Waals surface area contributed by atoms with Gasteiger partial charge in [-0.2, -0.15) is 0 Å². The predicted octanol–water partition coefficient (Wildman–Crippen LogP) is 3.28. The average Bonchev–Trinajstić information content (AvgIpc) is 2.88. The van der Waals surface area contributed by atoms with Gasteiger partial charge in [-0.15, -0.1) is 0 Å². The van der Waals surface area contributed by atoms with E-state index in [9.17, 15) is 0 Å². The van der Waals surface area contributed by atoms with Crippen LogP contribution in [-0.2, 0) is 0 Å². The molecule has 2 aromatic heterocycles. The molecular formula is C14H11BrN4. The van der Waals surface area contributed by atoms with E-state index in [0.29, 0.717) is 5.82 Å². The fourth-order valence-electron chi connectivity index (χ4n) is 1.96. The van der Waals surface area contributed by atoms with Gasteiger partial charge in [0.05, 0.1) is 23.9 Å². The molecule has 2 N–H and O–H groups in total. The maximum atomic E-state index is 5.73. The van der Waals surface area contributed by atoms with Crippen molar-refractivity contribution >= 4 is 21.7 Å². The van der Waals surface area contributed by atoms with Crippen molar-refractivity contribution in [3.8, 4) is 16.9 Å². The number of hydrogen-bond donors (Lipinski definition) is 1. The van der Waals surface area contributed by atoms with E-state index >= 15 is 0 Å². The molecule has 5 heteroatoms. The Labute approximate surface area is 119 Å². The number of pyridine rings is 1. The molecule has 3 aromatic rings. The molecule has 0 spiro atoms. The molecule has 0 unspecified atom stereocenters. The number of nitrogens with zero attached hydrogens (tertiary/aromatic N) is 3. The van der Waals surface area contributed by atoms with Crippen LogP contribution in [0.3, 0.4) is 0 Å². The van der Waals surface area contributed by atoms with E-state index < -0.39 is 0 Å². The highest BCUT2D eigenvalue weighted by Gasteiger charge is 2.09. The molecule has 3 rings (SSSR count). The van der Waals surface area contributed by atoms with Crippen LogP contribution >= 0.6 is 15.9 Å². The second-order valence-corrected chi connectivity index (χ2v) is 4.92. The molecule has 0 fully saturated rings. The normalized spacial score (nSPS) is 10.6. The Bertz CT molecular complexity index is 721. The summed E-state index contributed by atoms with van der Waals surface area (Å²) in [6.07, 6.45) is 5.29. The van der Waals surface area contributed by atoms with E-state index in [1.807, 2.05) is 47.2 Å². The third kappa shape index (κ3) is 2.24. The molecule has 4 nitrogen and oxygen atoms in total. The van der Waals surface area contributed by atoms with E-state index in [-0.39, 0.29) is 0 Å². The summed E-state index contributed by atoms with van der Waals surface area (Å²) in [7, 11) is 0. The Kier molecular flexibility index (Phi) is 3.05. The number of rotatable bonds is 2. The molecule has 94 valence electrons. The van der Waals surface area contributed by atoms with Crippen LogP contribution in [0.1, 0.15) is 0 Å². The standard InChI is InChI=1S/C14H11BrN4/c15-11-3-1-2-4-12(11)19-9-17-8-13(19)10-5-6-18-14(16)7-10/h1-9H,(H2,16,18). The molecule has 2 heterocycles. The van der Waals surface area contributed by atoms with Gasteiger partial charge in [0.2, 0.25) is 0 Å². The second kappa shape index (κ2) is 4.85. The van der Waals surface area contributed by atoms with Crippen LogP contribution in [0.25, 0.3) is 16.9 Å². The summed E-state index contributed by atoms with van der Waals surface area (Å²) in [6, 6.07) is 11.8. The van der Waals surface area contributed by atoms with Crippen molar-refractivity contribution < 1.29 is 0 Å². The minimum Gasteiger partial charge on any atom is -0.384 e. The zero-order valence-electron chi connectivity index (χ0n) is 9.99. The van der Waals surface area contributed by atoms with Gasteiger partial charge in [-0.05, 0) is 40.2 Å². The SMILES string of the molecule is Nc1cc(-c2cncn2-c2ccccc2Br)ccn1. The Morgan fingerprint density at radius 2 is 2.00 bits per heavy atom. The summed E-state index contributed by atoms with van der Waals surface area (Å²) in [4.78, 5) is 8.24. The van der Waals surface area contributed by atoms with Gasteiger partial charge in [0.25, 0.3) is 0 Å². The van der Waals surface area contributed by atoms with Crippen LogP contribution in [0.4, 0.5) is 5.82 Å². The van der Waals surface area contributed by atoms with Crippen molar-refractivity contribution in [2.24, 2.45) is 0 Å². The van der Waals surface area contributed by atoms with Crippen LogP contribution in [0.2, 0.25) is 0 Å². The van der Waals surface area contributed by atoms with Gasteiger partial charge in [0.1, 0.15) is 5.82 Å². The topological polar surface area (TPSA) is 56.7 Å². The molecule has 1 aromatic carbocycles. The molecule has 0 aliphatic heterocycles. The zero-order valence-corrected chi connectivity index (χ0v) is 11.6. The number of benzene rings is 1. The van der Waals surface area contributed by atoms with Gasteiger partial charge in [-0.1, -0.05) is 12.1 Å². The maximum Gasteiger partial charge on any atom is 0.123 e. The molecule has 0 radical (unpaired) electrons. The highest BCUT2D eigenvalue weighted by atomic mass is 79.9. The van der Waals surface area contributed by atoms with Gasteiger partial charge in [0.15, 0.2) is 0 Å². The van der Waals surface area contributed by atoms with Crippen molar-refractivity contribution in [2.45, 2.75) is 0 Å². The van der Waals surface area contributed by atoms with Gasteiger partial charge in [-0.25, -0.2) is 9.97 Å². The zero-order chi connectivity index (χ0) is 13.2. The molecule has 0 saturated carbocycles. The van der Waals surface area contributed by atoms with Gasteiger partial charge in [0, 0.05) is 16.2 Å². The highest BCUT2D eigenvalue weighted by Crippen LogP contribution is 2.27. The van der Waals surface area contributed by atoms with E-state index in [4.69, 9.17) is 5.73 Å². The summed E-state index contributed by atoms with van der Waals surface area (Å²) in [5.74, 6) is 0.498. The third-order valence-electron chi connectivity index (χ3n) is 2.83. The summed E-state index contributed by atoms with van der Waals surface area (Å²) < 4.78 is 3.02. The van der Waals surface area contributed by atoms with Crippen LogP contribution in [0.5, 0.6) is 0 Å². The van der Waals surface area contributed by atoms with Crippen LogP contribution in [0.15, 0.2) is 59.6 Å². The van der Waals surface area contributed by atoms with Crippen LogP contribution < -0.4 is 5.73 Å². The van der Waals surface area contributed by atoms with Crippen molar-refractivity contribution in [1.29, 1.82) is 0 Å². The summed E-state index contributed by atoms with van der Waals surface area (Å²) in [5.41, 5.74) is 8.73. The first-order valence-electron chi connectivity index (χ1n) is 5.75. The van der Waals surface area contributed by atoms with Crippen molar-refractivity contribution in [1.82, 2.24) is 14.5 Å². The Hall–Kier alpha value is -2.14. The number of hydrogen-bond acceptors (Lipinski definition) is 3. The lowest BCUT2D eigenvalue weighted by Gasteiger charge is -2.10. The van der Waals surface area contributed by atoms with Gasteiger partial charge >= 0.3 is 0 Å². The van der Waals surface area contributed by atoms with Gasteiger partial charge < -0.3 is 5.73 Å². The number of nitrogen functional groups attached to an aromatic ring is 1. The van der Waals surface area contributed by atoms with Crippen LogP contribution in [0, 0.1) is 0 Å². The van der Waals surface area contributed by atoms with Gasteiger partial charge in [-0.3, -0.25) is 4.57 Å². The summed E-state index contributed by atoms with van der Waals surface area (Å²) in [5, 5.41) is 0. The molecule has 19 heavy (non-hydrogen) atoms. The quantitative estimate of drug-likeness (QED) is 0.789. The first-order chi connectivity index (χ1) is 9.25. The fourth-order valence-corrected chi connectivity index (χ4v) is 2.43.